The van der Waals surface area contributed by atoms with Gasteiger partial charge in [-0.2, -0.15) is 0 Å². The first-order chi connectivity index (χ1) is 9.66. The zero-order valence-electron chi connectivity index (χ0n) is 14.8. The molecule has 1 nitrogen and oxygen atoms in total. The van der Waals surface area contributed by atoms with E-state index < -0.39 is 8.24 Å². The normalized spacial score (nSPS) is 17.0. The summed E-state index contributed by atoms with van der Waals surface area (Å²) in [5.41, 5.74) is 10.8. The fourth-order valence-electron chi connectivity index (χ4n) is 3.84. The van der Waals surface area contributed by atoms with Gasteiger partial charge in [-0.05, 0) is 63.8 Å². The van der Waals surface area contributed by atoms with Gasteiger partial charge in [0.15, 0.2) is 8.24 Å². The van der Waals surface area contributed by atoms with Crippen LogP contribution in [0, 0.1) is 13.8 Å². The molecular weight excluding hydrogens is 270 g/mol. The molecule has 0 fully saturated rings. The van der Waals surface area contributed by atoms with Gasteiger partial charge in [0.2, 0.25) is 0 Å². The summed E-state index contributed by atoms with van der Waals surface area (Å²) in [6.07, 6.45) is 0. The number of anilines is 1. The van der Waals surface area contributed by atoms with Crippen LogP contribution in [0.3, 0.4) is 0 Å². The molecule has 0 atom stereocenters. The summed E-state index contributed by atoms with van der Waals surface area (Å²) in [6.45, 7) is 18.5. The number of aryl methyl sites for hydroxylation is 2. The predicted molar refractivity (Wildman–Crippen MR) is 97.5 cm³/mol. The zero-order valence-corrected chi connectivity index (χ0v) is 15.8. The quantitative estimate of drug-likeness (QED) is 0.677. The Hall–Kier alpha value is -1.28. The molecule has 1 N–H and O–H groups in total. The van der Waals surface area contributed by atoms with Crippen molar-refractivity contribution in [1.29, 1.82) is 0 Å². The number of benzene rings is 1. The molecule has 114 valence electrons. The van der Waals surface area contributed by atoms with Crippen LogP contribution in [-0.2, 0) is 0 Å². The summed E-state index contributed by atoms with van der Waals surface area (Å²) < 4.78 is 0. The zero-order chi connectivity index (χ0) is 15.9. The Bertz CT molecular complexity index is 591. The molecule has 0 unspecified atom stereocenters. The van der Waals surface area contributed by atoms with Gasteiger partial charge in [0.1, 0.15) is 0 Å². The third-order valence-corrected chi connectivity index (χ3v) is 8.47. The van der Waals surface area contributed by atoms with Crippen molar-refractivity contribution in [3.63, 3.8) is 0 Å². The minimum absolute atomic E-state index is 0.608. The van der Waals surface area contributed by atoms with Gasteiger partial charge < -0.3 is 4.98 Å². The molecule has 0 spiro atoms. The molecule has 0 aromatic heterocycles. The number of rotatable bonds is 3. The maximum absolute atomic E-state index is 3.97. The van der Waals surface area contributed by atoms with Crippen LogP contribution in [0.4, 0.5) is 5.69 Å². The molecular formula is C19H29NSi. The fourth-order valence-corrected chi connectivity index (χ4v) is 7.62. The monoisotopic (exact) mass is 299 g/mol. The molecule has 0 bridgehead atoms. The van der Waals surface area contributed by atoms with Crippen LogP contribution in [-0.4, -0.2) is 8.24 Å². The highest BCUT2D eigenvalue weighted by molar-refractivity contribution is 6.83. The first kappa shape index (κ1) is 16.1. The Morgan fingerprint density at radius 1 is 0.810 bits per heavy atom. The van der Waals surface area contributed by atoms with Crippen molar-refractivity contribution < 1.29 is 0 Å². The molecule has 1 aliphatic rings. The number of allylic oxidation sites excluding steroid dienone is 4. The first-order valence-electron chi connectivity index (χ1n) is 7.86. The molecule has 0 saturated heterocycles. The van der Waals surface area contributed by atoms with E-state index in [2.05, 4.69) is 77.8 Å². The maximum Gasteiger partial charge on any atom is 0.158 e. The maximum atomic E-state index is 3.97. The lowest BCUT2D eigenvalue weighted by Crippen LogP contribution is -2.43. The molecule has 21 heavy (non-hydrogen) atoms. The molecule has 1 aliphatic carbocycles. The van der Waals surface area contributed by atoms with Crippen molar-refractivity contribution in [3.05, 3.63) is 51.6 Å². The molecule has 0 aliphatic heterocycles. The standard InChI is InChI=1S/C19H29NSi/c1-12-10-9-11-13(2)18(12)20-21(7,8)19-16(5)14(3)15(4)17(19)6/h9-11,19-20H,1-8H3. The van der Waals surface area contributed by atoms with Crippen LogP contribution in [0.1, 0.15) is 38.8 Å². The number of hydrogen-bond acceptors (Lipinski definition) is 1. The lowest BCUT2D eigenvalue weighted by molar-refractivity contribution is 1.06. The van der Waals surface area contributed by atoms with Crippen LogP contribution in [0.5, 0.6) is 0 Å². The third-order valence-electron chi connectivity index (χ3n) is 5.26. The van der Waals surface area contributed by atoms with E-state index in [4.69, 9.17) is 0 Å². The summed E-state index contributed by atoms with van der Waals surface area (Å²) in [6, 6.07) is 6.55. The lowest BCUT2D eigenvalue weighted by atomic mass is 10.1. The van der Waals surface area contributed by atoms with Gasteiger partial charge in [-0.15, -0.1) is 0 Å². The minimum atomic E-state index is -1.65. The van der Waals surface area contributed by atoms with E-state index in [1.165, 1.54) is 28.0 Å². The molecule has 0 amide bonds. The molecule has 1 aromatic carbocycles. The second-order valence-electron chi connectivity index (χ2n) is 7.16. The third kappa shape index (κ3) is 2.74. The van der Waals surface area contributed by atoms with Crippen molar-refractivity contribution in [1.82, 2.24) is 0 Å². The summed E-state index contributed by atoms with van der Waals surface area (Å²) in [5, 5.41) is 0. The Morgan fingerprint density at radius 2 is 1.24 bits per heavy atom. The van der Waals surface area contributed by atoms with E-state index >= 15 is 0 Å². The Kier molecular flexibility index (Phi) is 4.21. The number of nitrogens with one attached hydrogen (secondary N) is 1. The summed E-state index contributed by atoms with van der Waals surface area (Å²) >= 11 is 0. The molecule has 0 saturated carbocycles. The van der Waals surface area contributed by atoms with Crippen molar-refractivity contribution in [2.24, 2.45) is 0 Å². The van der Waals surface area contributed by atoms with Crippen molar-refractivity contribution in [2.45, 2.75) is 60.2 Å². The highest BCUT2D eigenvalue weighted by Gasteiger charge is 2.39. The van der Waals surface area contributed by atoms with E-state index in [0.29, 0.717) is 5.54 Å². The van der Waals surface area contributed by atoms with E-state index in [1.807, 2.05) is 0 Å². The summed E-state index contributed by atoms with van der Waals surface area (Å²) in [4.78, 5) is 3.97. The van der Waals surface area contributed by atoms with Gasteiger partial charge in [0.05, 0.1) is 0 Å². The van der Waals surface area contributed by atoms with Crippen LogP contribution < -0.4 is 4.98 Å². The van der Waals surface area contributed by atoms with E-state index in [-0.39, 0.29) is 0 Å². The first-order valence-corrected chi connectivity index (χ1v) is 10.9. The number of para-hydroxylation sites is 1. The van der Waals surface area contributed by atoms with Gasteiger partial charge in [-0.3, -0.25) is 0 Å². The smallest absolute Gasteiger partial charge is 0.158 e. The second-order valence-corrected chi connectivity index (χ2v) is 11.4. The Balaban J connectivity index is 2.40. The van der Waals surface area contributed by atoms with Crippen LogP contribution in [0.25, 0.3) is 0 Å². The number of hydrogen-bond donors (Lipinski definition) is 1. The van der Waals surface area contributed by atoms with Crippen molar-refractivity contribution in [2.75, 3.05) is 4.98 Å². The molecule has 0 radical (unpaired) electrons. The summed E-state index contributed by atoms with van der Waals surface area (Å²) in [7, 11) is -1.65. The average Bonchev–Trinajstić information content (AvgIpc) is 2.59. The van der Waals surface area contributed by atoms with Crippen molar-refractivity contribution in [3.8, 4) is 0 Å². The van der Waals surface area contributed by atoms with Gasteiger partial charge in [-0.1, -0.05) is 42.4 Å². The summed E-state index contributed by atoms with van der Waals surface area (Å²) in [5.74, 6) is 0. The Morgan fingerprint density at radius 3 is 1.67 bits per heavy atom. The van der Waals surface area contributed by atoms with Gasteiger partial charge in [-0.25, -0.2) is 0 Å². The molecule has 2 rings (SSSR count). The van der Waals surface area contributed by atoms with Gasteiger partial charge >= 0.3 is 0 Å². The highest BCUT2D eigenvalue weighted by Crippen LogP contribution is 2.46. The molecule has 1 aromatic rings. The highest BCUT2D eigenvalue weighted by atomic mass is 28.3. The van der Waals surface area contributed by atoms with E-state index in [1.54, 1.807) is 11.1 Å². The van der Waals surface area contributed by atoms with E-state index in [9.17, 15) is 0 Å². The van der Waals surface area contributed by atoms with Gasteiger partial charge in [0.25, 0.3) is 0 Å². The minimum Gasteiger partial charge on any atom is -0.409 e. The average molecular weight is 300 g/mol. The fraction of sp³-hybridized carbons (Fsp3) is 0.474. The van der Waals surface area contributed by atoms with E-state index in [0.717, 1.165) is 0 Å². The topological polar surface area (TPSA) is 12.0 Å². The predicted octanol–water partition coefficient (Wildman–Crippen LogP) is 5.98. The van der Waals surface area contributed by atoms with Crippen LogP contribution in [0.2, 0.25) is 18.6 Å². The van der Waals surface area contributed by atoms with Crippen molar-refractivity contribution >= 4 is 13.9 Å². The van der Waals surface area contributed by atoms with Crippen LogP contribution >= 0.6 is 0 Å². The molecule has 0 heterocycles. The SMILES string of the molecule is CC1=C(C)C([Si](C)(C)Nc2c(C)cccc2C)C(C)=C1C. The van der Waals surface area contributed by atoms with Gasteiger partial charge in [0, 0.05) is 11.2 Å². The second kappa shape index (κ2) is 5.49. The van der Waals surface area contributed by atoms with Crippen LogP contribution in [0.15, 0.2) is 40.5 Å². The largest absolute Gasteiger partial charge is 0.409 e. The Labute approximate surface area is 131 Å². The molecule has 2 heteroatoms. The lowest BCUT2D eigenvalue weighted by Gasteiger charge is -2.35.